The topological polar surface area (TPSA) is 89.0 Å². The van der Waals surface area contributed by atoms with Crippen molar-refractivity contribution in [1.29, 1.82) is 0 Å². The summed E-state index contributed by atoms with van der Waals surface area (Å²) in [6, 6.07) is 8.16. The van der Waals surface area contributed by atoms with Gasteiger partial charge in [-0.25, -0.2) is 5.43 Å². The molecule has 2 rings (SSSR count). The van der Waals surface area contributed by atoms with Gasteiger partial charge in [-0.05, 0) is 40.2 Å². The van der Waals surface area contributed by atoms with E-state index in [0.717, 1.165) is 0 Å². The van der Waals surface area contributed by atoms with Gasteiger partial charge in [-0.1, -0.05) is 23.2 Å². The molecule has 0 aliphatic carbocycles. The zero-order valence-electron chi connectivity index (χ0n) is 15.6. The van der Waals surface area contributed by atoms with Crippen LogP contribution in [-0.2, 0) is 9.59 Å². The number of carbonyl (C=O) groups excluding carboxylic acids is 2. The van der Waals surface area contributed by atoms with E-state index >= 15 is 0 Å². The first-order valence-corrected chi connectivity index (χ1v) is 9.87. The summed E-state index contributed by atoms with van der Waals surface area (Å²) in [5.74, 6) is 0.372. The molecule has 2 aromatic carbocycles. The number of benzene rings is 2. The maximum absolute atomic E-state index is 12.0. The van der Waals surface area contributed by atoms with Crippen LogP contribution >= 0.6 is 39.1 Å². The molecule has 2 N–H and O–H groups in total. The number of halogens is 3. The average Bonchev–Trinajstić information content (AvgIpc) is 2.68. The first-order valence-electron chi connectivity index (χ1n) is 8.32. The molecule has 0 unspecified atom stereocenters. The molecule has 10 heteroatoms. The molecule has 0 bridgehead atoms. The lowest BCUT2D eigenvalue weighted by molar-refractivity contribution is -0.124. The van der Waals surface area contributed by atoms with Gasteiger partial charge >= 0.3 is 0 Å². The van der Waals surface area contributed by atoms with Crippen LogP contribution < -0.4 is 20.2 Å². The molecule has 0 saturated carbocycles. The lowest BCUT2D eigenvalue weighted by Gasteiger charge is -2.09. The minimum atomic E-state index is -0.412. The smallest absolute Gasteiger partial charge is 0.240 e. The van der Waals surface area contributed by atoms with Gasteiger partial charge in [0.2, 0.25) is 11.8 Å². The van der Waals surface area contributed by atoms with E-state index in [1.807, 2.05) is 0 Å². The summed E-state index contributed by atoms with van der Waals surface area (Å²) >= 11 is 15.2. The van der Waals surface area contributed by atoms with Gasteiger partial charge in [-0.2, -0.15) is 5.10 Å². The summed E-state index contributed by atoms with van der Waals surface area (Å²) in [6.45, 7) is 0. The van der Waals surface area contributed by atoms with Crippen LogP contribution in [0.3, 0.4) is 0 Å². The van der Waals surface area contributed by atoms with Gasteiger partial charge < -0.3 is 14.8 Å². The molecular formula is C19H18BrCl2N3O4. The third kappa shape index (κ3) is 6.92. The Morgan fingerprint density at radius 3 is 2.41 bits per heavy atom. The van der Waals surface area contributed by atoms with Crippen molar-refractivity contribution < 1.29 is 19.1 Å². The Hall–Kier alpha value is -2.29. The highest BCUT2D eigenvalue weighted by molar-refractivity contribution is 9.10. The van der Waals surface area contributed by atoms with Crippen molar-refractivity contribution in [2.24, 2.45) is 5.10 Å². The van der Waals surface area contributed by atoms with Crippen LogP contribution in [0.1, 0.15) is 18.4 Å². The van der Waals surface area contributed by atoms with Gasteiger partial charge in [0.1, 0.15) is 11.5 Å². The van der Waals surface area contributed by atoms with E-state index in [2.05, 4.69) is 31.8 Å². The Kier molecular flexibility index (Phi) is 8.75. The minimum Gasteiger partial charge on any atom is -0.496 e. The summed E-state index contributed by atoms with van der Waals surface area (Å²) in [5, 5.41) is 7.31. The van der Waals surface area contributed by atoms with E-state index in [4.69, 9.17) is 32.7 Å². The Bertz CT molecular complexity index is 938. The number of hydrazone groups is 1. The third-order valence-electron chi connectivity index (χ3n) is 3.68. The predicted molar refractivity (Wildman–Crippen MR) is 117 cm³/mol. The second kappa shape index (κ2) is 11.0. The predicted octanol–water partition coefficient (Wildman–Crippen LogP) is 4.64. The molecule has 0 radical (unpaired) electrons. The maximum atomic E-state index is 12.0. The Morgan fingerprint density at radius 1 is 1.07 bits per heavy atom. The monoisotopic (exact) mass is 501 g/mol. The molecule has 0 spiro atoms. The summed E-state index contributed by atoms with van der Waals surface area (Å²) in [5.41, 5.74) is 3.44. The van der Waals surface area contributed by atoms with Crippen molar-refractivity contribution in [3.05, 3.63) is 50.4 Å². The van der Waals surface area contributed by atoms with Crippen molar-refractivity contribution >= 4 is 62.8 Å². The molecule has 0 aromatic heterocycles. The number of nitrogens with one attached hydrogen (secondary N) is 2. The highest BCUT2D eigenvalue weighted by Gasteiger charge is 2.10. The van der Waals surface area contributed by atoms with Crippen LogP contribution in [0.4, 0.5) is 5.69 Å². The zero-order valence-corrected chi connectivity index (χ0v) is 18.7. The molecule has 0 aliphatic rings. The molecule has 7 nitrogen and oxygen atoms in total. The van der Waals surface area contributed by atoms with Crippen molar-refractivity contribution in [2.75, 3.05) is 19.5 Å². The standard InChI is InChI=1S/C19H18BrCl2N3O4/c1-28-16-9-17(29-2)13(20)7-11(16)10-23-25-19(27)6-5-18(26)24-15-4-3-12(21)8-14(15)22/h3-4,7-10H,5-6H2,1-2H3,(H,24,26)(H,25,27)/b23-10+. The molecule has 2 amide bonds. The molecule has 0 atom stereocenters. The van der Waals surface area contributed by atoms with Crippen LogP contribution in [-0.4, -0.2) is 32.2 Å². The van der Waals surface area contributed by atoms with E-state index in [9.17, 15) is 9.59 Å². The van der Waals surface area contributed by atoms with Gasteiger partial charge in [0.05, 0.1) is 35.6 Å². The van der Waals surface area contributed by atoms with Crippen LogP contribution in [0.2, 0.25) is 10.0 Å². The molecule has 0 heterocycles. The number of hydrogen-bond donors (Lipinski definition) is 2. The fourth-order valence-corrected chi connectivity index (χ4v) is 3.22. The van der Waals surface area contributed by atoms with Gasteiger partial charge in [-0.15, -0.1) is 0 Å². The van der Waals surface area contributed by atoms with E-state index in [1.54, 1.807) is 31.4 Å². The van der Waals surface area contributed by atoms with Crippen molar-refractivity contribution in [1.82, 2.24) is 5.43 Å². The van der Waals surface area contributed by atoms with Crippen molar-refractivity contribution in [3.8, 4) is 11.5 Å². The Balaban J connectivity index is 1.86. The van der Waals surface area contributed by atoms with Gasteiger partial charge in [0, 0.05) is 29.5 Å². The molecule has 2 aromatic rings. The van der Waals surface area contributed by atoms with Crippen LogP contribution in [0.15, 0.2) is 39.9 Å². The van der Waals surface area contributed by atoms with Gasteiger partial charge in [0.25, 0.3) is 0 Å². The number of anilines is 1. The number of ether oxygens (including phenoxy) is 2. The summed E-state index contributed by atoms with van der Waals surface area (Å²) in [4.78, 5) is 23.9. The number of rotatable bonds is 8. The van der Waals surface area contributed by atoms with E-state index < -0.39 is 5.91 Å². The Labute approximate surface area is 186 Å². The SMILES string of the molecule is COc1cc(OC)c(/C=N/NC(=O)CCC(=O)Nc2ccc(Cl)cc2Cl)cc1Br. The summed E-state index contributed by atoms with van der Waals surface area (Å²) in [7, 11) is 3.06. The quantitative estimate of drug-likeness (QED) is 0.406. The second-order valence-electron chi connectivity index (χ2n) is 5.69. The lowest BCUT2D eigenvalue weighted by Crippen LogP contribution is -2.20. The normalized spacial score (nSPS) is 10.7. The van der Waals surface area contributed by atoms with E-state index in [1.165, 1.54) is 19.4 Å². The summed E-state index contributed by atoms with van der Waals surface area (Å²) in [6.07, 6.45) is 1.37. The van der Waals surface area contributed by atoms with Gasteiger partial charge in [0.15, 0.2) is 0 Å². The number of hydrogen-bond acceptors (Lipinski definition) is 5. The highest BCUT2D eigenvalue weighted by atomic mass is 79.9. The van der Waals surface area contributed by atoms with Crippen molar-refractivity contribution in [2.45, 2.75) is 12.8 Å². The molecule has 29 heavy (non-hydrogen) atoms. The number of methoxy groups -OCH3 is 2. The number of amides is 2. The van der Waals surface area contributed by atoms with Gasteiger partial charge in [-0.3, -0.25) is 9.59 Å². The first-order chi connectivity index (χ1) is 13.8. The number of carbonyl (C=O) groups is 2. The second-order valence-corrected chi connectivity index (χ2v) is 7.39. The van der Waals surface area contributed by atoms with E-state index in [0.29, 0.717) is 37.3 Å². The average molecular weight is 503 g/mol. The minimum absolute atomic E-state index is 0.0300. The summed E-state index contributed by atoms with van der Waals surface area (Å²) < 4.78 is 11.2. The fraction of sp³-hybridized carbons (Fsp3) is 0.211. The highest BCUT2D eigenvalue weighted by Crippen LogP contribution is 2.32. The molecular weight excluding hydrogens is 485 g/mol. The molecule has 0 fully saturated rings. The maximum Gasteiger partial charge on any atom is 0.240 e. The lowest BCUT2D eigenvalue weighted by atomic mass is 10.2. The molecule has 154 valence electrons. The molecule has 0 saturated heterocycles. The number of nitrogens with zero attached hydrogens (tertiary/aromatic N) is 1. The largest absolute Gasteiger partial charge is 0.496 e. The third-order valence-corrected chi connectivity index (χ3v) is 4.85. The Morgan fingerprint density at radius 2 is 1.76 bits per heavy atom. The van der Waals surface area contributed by atoms with Crippen LogP contribution in [0.25, 0.3) is 0 Å². The first kappa shape index (κ1) is 23.0. The van der Waals surface area contributed by atoms with Crippen molar-refractivity contribution in [3.63, 3.8) is 0 Å². The molecule has 0 aliphatic heterocycles. The van der Waals surface area contributed by atoms with Crippen LogP contribution in [0, 0.1) is 0 Å². The van der Waals surface area contributed by atoms with Crippen LogP contribution in [0.5, 0.6) is 11.5 Å². The fourth-order valence-electron chi connectivity index (χ4n) is 2.24. The zero-order chi connectivity index (χ0) is 21.4. The van der Waals surface area contributed by atoms with E-state index in [-0.39, 0.29) is 18.7 Å².